The summed E-state index contributed by atoms with van der Waals surface area (Å²) in [7, 11) is -0.736. The number of benzene rings is 1. The van der Waals surface area contributed by atoms with Crippen LogP contribution in [0.25, 0.3) is 0 Å². The third-order valence-electron chi connectivity index (χ3n) is 3.05. The highest BCUT2D eigenvalue weighted by molar-refractivity contribution is 6.27. The van der Waals surface area contributed by atoms with E-state index >= 15 is 0 Å². The highest BCUT2D eigenvalue weighted by atomic mass is 28.2. The van der Waals surface area contributed by atoms with Crippen LogP contribution in [0.2, 0.25) is 6.04 Å². The fraction of sp³-hybridized carbons (Fsp3) is 0.647. The predicted octanol–water partition coefficient (Wildman–Crippen LogP) is 3.94. The fourth-order valence-electron chi connectivity index (χ4n) is 2.10. The van der Waals surface area contributed by atoms with E-state index in [4.69, 9.17) is 13.9 Å². The molecular weight excluding hydrogens is 318 g/mol. The second-order valence-electron chi connectivity index (χ2n) is 6.12. The van der Waals surface area contributed by atoms with Crippen molar-refractivity contribution in [3.8, 4) is 0 Å². The number of halogens is 2. The Balaban J connectivity index is 2.20. The molecule has 0 atom stereocenters. The molecule has 0 saturated carbocycles. The Hall–Kier alpha value is -0.823. The van der Waals surface area contributed by atoms with E-state index in [1.54, 1.807) is 0 Å². The van der Waals surface area contributed by atoms with Crippen molar-refractivity contribution >= 4 is 9.76 Å². The lowest BCUT2D eigenvalue weighted by atomic mass is 10.1. The van der Waals surface area contributed by atoms with Gasteiger partial charge in [0.05, 0.1) is 12.2 Å². The van der Waals surface area contributed by atoms with Crippen LogP contribution in [0.15, 0.2) is 18.2 Å². The van der Waals surface area contributed by atoms with Gasteiger partial charge in [-0.15, -0.1) is 0 Å². The zero-order valence-corrected chi connectivity index (χ0v) is 15.9. The number of ether oxygens (including phenoxy) is 2. The third kappa shape index (κ3) is 9.81. The van der Waals surface area contributed by atoms with Crippen molar-refractivity contribution in [2.24, 2.45) is 0 Å². The average molecular weight is 346 g/mol. The van der Waals surface area contributed by atoms with Gasteiger partial charge in [0.2, 0.25) is 0 Å². The van der Waals surface area contributed by atoms with Gasteiger partial charge in [0.25, 0.3) is 6.48 Å². The van der Waals surface area contributed by atoms with Crippen LogP contribution in [0.5, 0.6) is 0 Å². The van der Waals surface area contributed by atoms with E-state index in [9.17, 15) is 8.78 Å². The monoisotopic (exact) mass is 346 g/mol. The third-order valence-corrected chi connectivity index (χ3v) is 4.35. The van der Waals surface area contributed by atoms with E-state index in [0.29, 0.717) is 12.0 Å². The minimum Gasteiger partial charge on any atom is -0.379 e. The molecule has 0 unspecified atom stereocenters. The first kappa shape index (κ1) is 20.2. The SMILES string of the molecule is CC(C)OC(O[SiH2]CCCCc1cc(F)cc(F)c1)OC(C)C. The van der Waals surface area contributed by atoms with Gasteiger partial charge in [-0.3, -0.25) is 0 Å². The lowest BCUT2D eigenvalue weighted by Crippen LogP contribution is -2.28. The molecule has 0 aliphatic heterocycles. The Kier molecular flexibility index (Phi) is 9.55. The van der Waals surface area contributed by atoms with Gasteiger partial charge in [-0.25, -0.2) is 8.78 Å². The van der Waals surface area contributed by atoms with Gasteiger partial charge < -0.3 is 13.9 Å². The molecule has 3 nitrogen and oxygen atoms in total. The van der Waals surface area contributed by atoms with Crippen LogP contribution in [0, 0.1) is 11.6 Å². The van der Waals surface area contributed by atoms with Gasteiger partial charge in [0, 0.05) is 6.07 Å². The molecule has 0 aliphatic rings. The summed E-state index contributed by atoms with van der Waals surface area (Å²) in [5.74, 6) is -1.03. The number of unbranched alkanes of at least 4 members (excludes halogenated alkanes) is 1. The van der Waals surface area contributed by atoms with Crippen LogP contribution < -0.4 is 0 Å². The van der Waals surface area contributed by atoms with Crippen molar-refractivity contribution in [3.63, 3.8) is 0 Å². The number of hydrogen-bond donors (Lipinski definition) is 0. The average Bonchev–Trinajstić information content (AvgIpc) is 2.40. The van der Waals surface area contributed by atoms with Gasteiger partial charge in [-0.1, -0.05) is 6.42 Å². The summed E-state index contributed by atoms with van der Waals surface area (Å²) in [6, 6.07) is 4.66. The summed E-state index contributed by atoms with van der Waals surface area (Å²) in [5.41, 5.74) is 0.703. The zero-order valence-electron chi connectivity index (χ0n) is 14.5. The summed E-state index contributed by atoms with van der Waals surface area (Å²) in [5, 5.41) is 0. The molecule has 6 heteroatoms. The maximum Gasteiger partial charge on any atom is 0.262 e. The molecule has 1 aromatic carbocycles. The number of rotatable bonds is 11. The molecule has 23 heavy (non-hydrogen) atoms. The smallest absolute Gasteiger partial charge is 0.262 e. The maximum atomic E-state index is 13.1. The van der Waals surface area contributed by atoms with Crippen molar-refractivity contribution in [3.05, 3.63) is 35.4 Å². The Morgan fingerprint density at radius 2 is 1.48 bits per heavy atom. The Morgan fingerprint density at radius 3 is 2.00 bits per heavy atom. The molecule has 132 valence electrons. The quantitative estimate of drug-likeness (QED) is 0.345. The fourth-order valence-corrected chi connectivity index (χ4v) is 3.17. The van der Waals surface area contributed by atoms with Crippen molar-refractivity contribution < 1.29 is 22.7 Å². The topological polar surface area (TPSA) is 27.7 Å². The first-order valence-electron chi connectivity index (χ1n) is 8.24. The van der Waals surface area contributed by atoms with E-state index in [1.165, 1.54) is 12.1 Å². The summed E-state index contributed by atoms with van der Waals surface area (Å²) in [6.45, 7) is 7.19. The Morgan fingerprint density at radius 1 is 0.913 bits per heavy atom. The van der Waals surface area contributed by atoms with Crippen LogP contribution in [0.3, 0.4) is 0 Å². The second kappa shape index (κ2) is 10.9. The Labute approximate surface area is 140 Å². The molecular formula is C17H28F2O3Si. The second-order valence-corrected chi connectivity index (χ2v) is 7.57. The number of hydrogen-bond acceptors (Lipinski definition) is 3. The highest BCUT2D eigenvalue weighted by Crippen LogP contribution is 2.12. The lowest BCUT2D eigenvalue weighted by molar-refractivity contribution is -0.275. The summed E-state index contributed by atoms with van der Waals surface area (Å²) in [4.78, 5) is 0. The van der Waals surface area contributed by atoms with Crippen molar-refractivity contribution in [2.45, 2.75) is 71.7 Å². The minimum absolute atomic E-state index is 0.0515. The summed E-state index contributed by atoms with van der Waals surface area (Å²) in [6.07, 6.45) is 2.64. The van der Waals surface area contributed by atoms with E-state index in [0.717, 1.165) is 25.0 Å². The molecule has 0 N–H and O–H groups in total. The van der Waals surface area contributed by atoms with Gasteiger partial charge in [0.1, 0.15) is 11.6 Å². The predicted molar refractivity (Wildman–Crippen MR) is 90.0 cm³/mol. The first-order valence-corrected chi connectivity index (χ1v) is 9.82. The molecule has 1 rings (SSSR count). The standard InChI is InChI=1S/C17H28F2O3Si/c1-12(2)20-17(21-13(3)4)22-23-8-6-5-7-14-9-15(18)11-16(19)10-14/h9-13,17H,5-8,23H2,1-4H3. The summed E-state index contributed by atoms with van der Waals surface area (Å²) < 4.78 is 43.0. The maximum absolute atomic E-state index is 13.1. The largest absolute Gasteiger partial charge is 0.379 e. The molecule has 0 fully saturated rings. The number of aryl methyl sites for hydroxylation is 1. The van der Waals surface area contributed by atoms with Gasteiger partial charge in [-0.2, -0.15) is 0 Å². The van der Waals surface area contributed by atoms with E-state index < -0.39 is 27.9 Å². The molecule has 0 heterocycles. The van der Waals surface area contributed by atoms with Gasteiger partial charge in [0.15, 0.2) is 9.76 Å². The van der Waals surface area contributed by atoms with Crippen LogP contribution in [0.1, 0.15) is 46.1 Å². The van der Waals surface area contributed by atoms with Gasteiger partial charge in [-0.05, 0) is 64.3 Å². The van der Waals surface area contributed by atoms with E-state index in [1.807, 2.05) is 27.7 Å². The van der Waals surface area contributed by atoms with Crippen molar-refractivity contribution in [1.82, 2.24) is 0 Å². The van der Waals surface area contributed by atoms with Crippen molar-refractivity contribution in [1.29, 1.82) is 0 Å². The molecule has 0 saturated heterocycles. The molecule has 0 radical (unpaired) electrons. The molecule has 0 aliphatic carbocycles. The zero-order chi connectivity index (χ0) is 17.2. The van der Waals surface area contributed by atoms with Gasteiger partial charge >= 0.3 is 0 Å². The van der Waals surface area contributed by atoms with Crippen LogP contribution in [-0.4, -0.2) is 28.4 Å². The molecule has 0 aromatic heterocycles. The lowest BCUT2D eigenvalue weighted by Gasteiger charge is -2.23. The minimum atomic E-state index is -0.736. The van der Waals surface area contributed by atoms with E-state index in [-0.39, 0.29) is 12.2 Å². The molecule has 0 amide bonds. The van der Waals surface area contributed by atoms with Crippen LogP contribution in [-0.2, 0) is 20.3 Å². The highest BCUT2D eigenvalue weighted by Gasteiger charge is 2.13. The van der Waals surface area contributed by atoms with Crippen molar-refractivity contribution in [2.75, 3.05) is 0 Å². The Bertz CT molecular complexity index is 425. The molecule has 1 aromatic rings. The molecule has 0 spiro atoms. The molecule has 0 bridgehead atoms. The first-order chi connectivity index (χ1) is 10.9. The normalized spacial score (nSPS) is 12.4. The van der Waals surface area contributed by atoms with Crippen LogP contribution in [0.4, 0.5) is 8.78 Å². The van der Waals surface area contributed by atoms with E-state index in [2.05, 4.69) is 0 Å². The summed E-state index contributed by atoms with van der Waals surface area (Å²) >= 11 is 0. The van der Waals surface area contributed by atoms with Crippen LogP contribution >= 0.6 is 0 Å².